The van der Waals surface area contributed by atoms with E-state index in [2.05, 4.69) is 5.32 Å². The Bertz CT molecular complexity index is 768. The molecule has 0 radical (unpaired) electrons. The quantitative estimate of drug-likeness (QED) is 0.681. The fourth-order valence-electron chi connectivity index (χ4n) is 2.32. The van der Waals surface area contributed by atoms with Crippen molar-refractivity contribution < 1.29 is 9.84 Å². The number of benzene rings is 3. The molecule has 3 aromatic rings. The Labute approximate surface area is 123 Å². The molecule has 0 aromatic heterocycles. The van der Waals surface area contributed by atoms with E-state index in [1.54, 1.807) is 6.07 Å². The van der Waals surface area contributed by atoms with Gasteiger partial charge in [-0.2, -0.15) is 0 Å². The van der Waals surface area contributed by atoms with Gasteiger partial charge in [0, 0.05) is 0 Å². The van der Waals surface area contributed by atoms with Crippen LogP contribution < -0.4 is 10.1 Å². The van der Waals surface area contributed by atoms with Crippen molar-refractivity contribution in [2.24, 2.45) is 0 Å². The highest BCUT2D eigenvalue weighted by atomic mass is 16.5. The molecule has 0 fully saturated rings. The number of hydrogen-bond donors (Lipinski definition) is 2. The molecule has 0 aliphatic carbocycles. The first-order chi connectivity index (χ1) is 10.3. The number of hydrogen-bond acceptors (Lipinski definition) is 3. The second-order valence-electron chi connectivity index (χ2n) is 4.77. The van der Waals surface area contributed by atoms with Crippen molar-refractivity contribution in [3.63, 3.8) is 0 Å². The van der Waals surface area contributed by atoms with Crippen LogP contribution in [0.5, 0.6) is 11.5 Å². The highest BCUT2D eigenvalue weighted by molar-refractivity contribution is 5.89. The highest BCUT2D eigenvalue weighted by Crippen LogP contribution is 2.34. The van der Waals surface area contributed by atoms with Gasteiger partial charge in [0.25, 0.3) is 0 Å². The Hall–Kier alpha value is -2.68. The predicted molar refractivity (Wildman–Crippen MR) is 86.5 cm³/mol. The number of aromatic hydroxyl groups is 1. The third-order valence-corrected chi connectivity index (χ3v) is 3.32. The molecule has 0 saturated heterocycles. The molecule has 0 bridgehead atoms. The number of fused-ring (bicyclic) bond motifs is 1. The van der Waals surface area contributed by atoms with Gasteiger partial charge in [-0.05, 0) is 42.0 Å². The van der Waals surface area contributed by atoms with Crippen molar-refractivity contribution in [1.82, 2.24) is 0 Å². The summed E-state index contributed by atoms with van der Waals surface area (Å²) in [5.74, 6) is 0.993. The van der Waals surface area contributed by atoms with Gasteiger partial charge in [-0.3, -0.25) is 0 Å². The molecule has 0 saturated carbocycles. The SMILES string of the molecule is CCOc1ccccc1Nc1cc2ccccc2cc1O. The Morgan fingerprint density at radius 2 is 1.57 bits per heavy atom. The van der Waals surface area contributed by atoms with E-state index < -0.39 is 0 Å². The van der Waals surface area contributed by atoms with Gasteiger partial charge in [-0.25, -0.2) is 0 Å². The minimum atomic E-state index is 0.222. The maximum atomic E-state index is 10.2. The van der Waals surface area contributed by atoms with Crippen LogP contribution in [0.2, 0.25) is 0 Å². The lowest BCUT2D eigenvalue weighted by Crippen LogP contribution is -1.97. The summed E-state index contributed by atoms with van der Waals surface area (Å²) < 4.78 is 5.59. The van der Waals surface area contributed by atoms with Crippen LogP contribution in [0.25, 0.3) is 10.8 Å². The van der Waals surface area contributed by atoms with Crippen molar-refractivity contribution >= 4 is 22.1 Å². The standard InChI is InChI=1S/C18H17NO2/c1-2-21-18-10-6-5-9-15(18)19-16-11-13-7-3-4-8-14(13)12-17(16)20/h3-12,19-20H,2H2,1H3. The fraction of sp³-hybridized carbons (Fsp3) is 0.111. The van der Waals surface area contributed by atoms with Gasteiger partial charge in [0.15, 0.2) is 0 Å². The molecular formula is C18H17NO2. The van der Waals surface area contributed by atoms with Gasteiger partial charge < -0.3 is 15.2 Å². The molecule has 3 nitrogen and oxygen atoms in total. The van der Waals surface area contributed by atoms with Crippen LogP contribution in [0.15, 0.2) is 60.7 Å². The van der Waals surface area contributed by atoms with Gasteiger partial charge >= 0.3 is 0 Å². The summed E-state index contributed by atoms with van der Waals surface area (Å²) in [4.78, 5) is 0. The zero-order chi connectivity index (χ0) is 14.7. The molecule has 0 amide bonds. The van der Waals surface area contributed by atoms with Gasteiger partial charge in [-0.15, -0.1) is 0 Å². The minimum Gasteiger partial charge on any atom is -0.506 e. The Kier molecular flexibility index (Phi) is 3.65. The normalized spacial score (nSPS) is 10.5. The summed E-state index contributed by atoms with van der Waals surface area (Å²) >= 11 is 0. The molecule has 2 N–H and O–H groups in total. The van der Waals surface area contributed by atoms with Crippen molar-refractivity contribution in [2.45, 2.75) is 6.92 Å². The van der Waals surface area contributed by atoms with E-state index in [1.165, 1.54) is 0 Å². The number of para-hydroxylation sites is 2. The number of nitrogens with one attached hydrogen (secondary N) is 1. The first-order valence-corrected chi connectivity index (χ1v) is 6.98. The maximum absolute atomic E-state index is 10.2. The maximum Gasteiger partial charge on any atom is 0.142 e. The summed E-state index contributed by atoms with van der Waals surface area (Å²) in [5.41, 5.74) is 1.51. The van der Waals surface area contributed by atoms with Crippen LogP contribution in [-0.2, 0) is 0 Å². The molecule has 0 atom stereocenters. The van der Waals surface area contributed by atoms with Crippen molar-refractivity contribution in [3.8, 4) is 11.5 Å². The smallest absolute Gasteiger partial charge is 0.142 e. The molecular weight excluding hydrogens is 262 g/mol. The first-order valence-electron chi connectivity index (χ1n) is 6.98. The molecule has 0 spiro atoms. The van der Waals surface area contributed by atoms with Crippen molar-refractivity contribution in [2.75, 3.05) is 11.9 Å². The summed E-state index contributed by atoms with van der Waals surface area (Å²) in [5, 5.41) is 15.5. The van der Waals surface area contributed by atoms with E-state index >= 15 is 0 Å². The summed E-state index contributed by atoms with van der Waals surface area (Å²) in [6.07, 6.45) is 0. The number of phenols is 1. The van der Waals surface area contributed by atoms with E-state index in [4.69, 9.17) is 4.74 Å². The van der Waals surface area contributed by atoms with E-state index in [0.29, 0.717) is 12.3 Å². The van der Waals surface area contributed by atoms with Gasteiger partial charge in [0.1, 0.15) is 11.5 Å². The molecule has 3 aromatic carbocycles. The summed E-state index contributed by atoms with van der Waals surface area (Å²) in [7, 11) is 0. The number of phenolic OH excluding ortho intramolecular Hbond substituents is 1. The van der Waals surface area contributed by atoms with Crippen molar-refractivity contribution in [1.29, 1.82) is 0 Å². The zero-order valence-electron chi connectivity index (χ0n) is 11.8. The van der Waals surface area contributed by atoms with Crippen LogP contribution in [0.1, 0.15) is 6.92 Å². The summed E-state index contributed by atoms with van der Waals surface area (Å²) in [6, 6.07) is 19.3. The second kappa shape index (κ2) is 5.75. The molecule has 3 rings (SSSR count). The van der Waals surface area contributed by atoms with Gasteiger partial charge in [-0.1, -0.05) is 36.4 Å². The topological polar surface area (TPSA) is 41.5 Å². The summed E-state index contributed by atoms with van der Waals surface area (Å²) in [6.45, 7) is 2.55. The number of rotatable bonds is 4. The highest BCUT2D eigenvalue weighted by Gasteiger charge is 2.07. The van der Waals surface area contributed by atoms with E-state index in [0.717, 1.165) is 22.2 Å². The molecule has 21 heavy (non-hydrogen) atoms. The average molecular weight is 279 g/mol. The largest absolute Gasteiger partial charge is 0.506 e. The Morgan fingerprint density at radius 1 is 0.905 bits per heavy atom. The molecule has 0 aliphatic heterocycles. The van der Waals surface area contributed by atoms with Crippen LogP contribution in [0.3, 0.4) is 0 Å². The Morgan fingerprint density at radius 3 is 2.33 bits per heavy atom. The minimum absolute atomic E-state index is 0.222. The first kappa shape index (κ1) is 13.3. The molecule has 0 aliphatic rings. The van der Waals surface area contributed by atoms with Crippen LogP contribution in [0.4, 0.5) is 11.4 Å². The lowest BCUT2D eigenvalue weighted by atomic mass is 10.1. The third kappa shape index (κ3) is 2.77. The monoisotopic (exact) mass is 279 g/mol. The molecule has 0 unspecified atom stereocenters. The Balaban J connectivity index is 2.00. The zero-order valence-corrected chi connectivity index (χ0v) is 11.8. The van der Waals surface area contributed by atoms with Crippen LogP contribution in [0, 0.1) is 0 Å². The molecule has 3 heteroatoms. The molecule has 0 heterocycles. The fourth-order valence-corrected chi connectivity index (χ4v) is 2.32. The van der Waals surface area contributed by atoms with E-state index in [-0.39, 0.29) is 5.75 Å². The predicted octanol–water partition coefficient (Wildman–Crippen LogP) is 4.69. The van der Waals surface area contributed by atoms with Gasteiger partial charge in [0.2, 0.25) is 0 Å². The lowest BCUT2D eigenvalue weighted by molar-refractivity contribution is 0.342. The number of anilines is 2. The number of ether oxygens (including phenoxy) is 1. The van der Waals surface area contributed by atoms with Crippen molar-refractivity contribution in [3.05, 3.63) is 60.7 Å². The lowest BCUT2D eigenvalue weighted by Gasteiger charge is -2.14. The van der Waals surface area contributed by atoms with E-state index in [1.807, 2.05) is 61.5 Å². The third-order valence-electron chi connectivity index (χ3n) is 3.32. The second-order valence-corrected chi connectivity index (χ2v) is 4.77. The van der Waals surface area contributed by atoms with Crippen LogP contribution >= 0.6 is 0 Å². The van der Waals surface area contributed by atoms with Gasteiger partial charge in [0.05, 0.1) is 18.0 Å². The van der Waals surface area contributed by atoms with Crippen LogP contribution in [-0.4, -0.2) is 11.7 Å². The van der Waals surface area contributed by atoms with E-state index in [9.17, 15) is 5.11 Å². The molecule has 106 valence electrons. The average Bonchev–Trinajstić information content (AvgIpc) is 2.50.